The van der Waals surface area contributed by atoms with E-state index in [4.69, 9.17) is 0 Å². The third kappa shape index (κ3) is 5.33. The number of para-hydroxylation sites is 1. The van der Waals surface area contributed by atoms with Crippen LogP contribution in [-0.4, -0.2) is 36.5 Å². The number of likely N-dealkylation sites (tertiary alicyclic amines) is 1. The molecule has 2 aromatic rings. The molecule has 0 unspecified atom stereocenters. The zero-order chi connectivity index (χ0) is 19.1. The highest BCUT2D eigenvalue weighted by Crippen LogP contribution is 2.22. The fourth-order valence-corrected chi connectivity index (χ4v) is 3.45. The molecule has 2 N–H and O–H groups in total. The summed E-state index contributed by atoms with van der Waals surface area (Å²) < 4.78 is 0. The quantitative estimate of drug-likeness (QED) is 0.843. The fraction of sp³-hybridized carbons (Fsp3) is 0.364. The van der Waals surface area contributed by atoms with E-state index in [1.54, 1.807) is 0 Å². The van der Waals surface area contributed by atoms with Crippen LogP contribution in [0.2, 0.25) is 0 Å². The lowest BCUT2D eigenvalue weighted by Gasteiger charge is -2.32. The maximum Gasteiger partial charge on any atom is 0.317 e. The number of carbonyl (C=O) groups is 2. The Morgan fingerprint density at radius 1 is 1.00 bits per heavy atom. The SMILES string of the molecule is CCNC(=O)N1CCC(Cc2ccc(C(=O)Nc3ccccc3)cc2)CC1. The van der Waals surface area contributed by atoms with Crippen molar-refractivity contribution in [2.24, 2.45) is 5.92 Å². The van der Waals surface area contributed by atoms with Gasteiger partial charge in [0.2, 0.25) is 0 Å². The van der Waals surface area contributed by atoms with Gasteiger partial charge in [-0.15, -0.1) is 0 Å². The average Bonchev–Trinajstić information content (AvgIpc) is 2.70. The van der Waals surface area contributed by atoms with Crippen molar-refractivity contribution in [3.63, 3.8) is 0 Å². The molecule has 3 rings (SSSR count). The highest BCUT2D eigenvalue weighted by molar-refractivity contribution is 6.04. The van der Waals surface area contributed by atoms with Gasteiger partial charge in [0.1, 0.15) is 0 Å². The monoisotopic (exact) mass is 365 g/mol. The minimum absolute atomic E-state index is 0.0460. The molecule has 2 aromatic carbocycles. The number of rotatable bonds is 5. The van der Waals surface area contributed by atoms with Crippen LogP contribution in [0, 0.1) is 5.92 Å². The van der Waals surface area contributed by atoms with Crippen molar-refractivity contribution in [3.05, 3.63) is 65.7 Å². The fourth-order valence-electron chi connectivity index (χ4n) is 3.45. The summed E-state index contributed by atoms with van der Waals surface area (Å²) in [5.41, 5.74) is 2.70. The van der Waals surface area contributed by atoms with Gasteiger partial charge in [-0.05, 0) is 61.9 Å². The van der Waals surface area contributed by atoms with Gasteiger partial charge in [-0.3, -0.25) is 4.79 Å². The predicted octanol–water partition coefficient (Wildman–Crippen LogP) is 3.92. The maximum absolute atomic E-state index is 12.3. The summed E-state index contributed by atoms with van der Waals surface area (Å²) in [5.74, 6) is 0.489. The normalized spacial score (nSPS) is 14.6. The van der Waals surface area contributed by atoms with Crippen LogP contribution in [0.1, 0.15) is 35.7 Å². The minimum Gasteiger partial charge on any atom is -0.338 e. The molecule has 1 heterocycles. The van der Waals surface area contributed by atoms with Gasteiger partial charge in [-0.1, -0.05) is 30.3 Å². The zero-order valence-electron chi connectivity index (χ0n) is 15.8. The van der Waals surface area contributed by atoms with Crippen LogP contribution < -0.4 is 10.6 Å². The van der Waals surface area contributed by atoms with E-state index in [2.05, 4.69) is 10.6 Å². The second-order valence-electron chi connectivity index (χ2n) is 6.99. The molecule has 0 bridgehead atoms. The first-order valence-electron chi connectivity index (χ1n) is 9.64. The summed E-state index contributed by atoms with van der Waals surface area (Å²) in [7, 11) is 0. The number of hydrogen-bond donors (Lipinski definition) is 2. The van der Waals surface area contributed by atoms with Crippen LogP contribution in [0.25, 0.3) is 0 Å². The predicted molar refractivity (Wildman–Crippen MR) is 108 cm³/mol. The standard InChI is InChI=1S/C22H27N3O2/c1-2-23-22(27)25-14-12-18(13-15-25)16-17-8-10-19(11-9-17)21(26)24-20-6-4-3-5-7-20/h3-11,18H,2,12-16H2,1H3,(H,23,27)(H,24,26). The van der Waals surface area contributed by atoms with E-state index in [1.165, 1.54) is 5.56 Å². The lowest BCUT2D eigenvalue weighted by Crippen LogP contribution is -2.44. The molecule has 0 saturated carbocycles. The summed E-state index contributed by atoms with van der Waals surface area (Å²) in [5, 5.41) is 5.77. The summed E-state index contributed by atoms with van der Waals surface area (Å²) >= 11 is 0. The Balaban J connectivity index is 1.50. The molecule has 1 aliphatic rings. The highest BCUT2D eigenvalue weighted by Gasteiger charge is 2.22. The first-order chi connectivity index (χ1) is 13.2. The molecule has 0 atom stereocenters. The number of piperidine rings is 1. The van der Waals surface area contributed by atoms with Crippen LogP contribution in [0.15, 0.2) is 54.6 Å². The molecule has 3 amide bonds. The maximum atomic E-state index is 12.3. The second-order valence-corrected chi connectivity index (χ2v) is 6.99. The summed E-state index contributed by atoms with van der Waals surface area (Å²) in [6.07, 6.45) is 3.03. The molecular weight excluding hydrogens is 338 g/mol. The number of carbonyl (C=O) groups excluding carboxylic acids is 2. The Labute approximate surface area is 160 Å². The smallest absolute Gasteiger partial charge is 0.317 e. The van der Waals surface area contributed by atoms with Crippen LogP contribution in [-0.2, 0) is 6.42 Å². The Kier molecular flexibility index (Phi) is 6.47. The van der Waals surface area contributed by atoms with Crippen molar-refractivity contribution in [3.8, 4) is 0 Å². The van der Waals surface area contributed by atoms with E-state index in [-0.39, 0.29) is 11.9 Å². The van der Waals surface area contributed by atoms with Crippen LogP contribution in [0.3, 0.4) is 0 Å². The van der Waals surface area contributed by atoms with E-state index in [1.807, 2.05) is 66.4 Å². The average molecular weight is 365 g/mol. The van der Waals surface area contributed by atoms with E-state index in [0.29, 0.717) is 18.0 Å². The van der Waals surface area contributed by atoms with Crippen molar-refractivity contribution in [1.82, 2.24) is 10.2 Å². The van der Waals surface area contributed by atoms with Crippen molar-refractivity contribution < 1.29 is 9.59 Å². The summed E-state index contributed by atoms with van der Waals surface area (Å²) in [4.78, 5) is 26.1. The second kappa shape index (κ2) is 9.21. The Hall–Kier alpha value is -2.82. The van der Waals surface area contributed by atoms with Crippen molar-refractivity contribution in [2.75, 3.05) is 25.0 Å². The molecule has 142 valence electrons. The molecule has 0 aliphatic carbocycles. The van der Waals surface area contributed by atoms with E-state index >= 15 is 0 Å². The number of nitrogens with zero attached hydrogens (tertiary/aromatic N) is 1. The summed E-state index contributed by atoms with van der Waals surface area (Å²) in [6.45, 7) is 4.24. The lowest BCUT2D eigenvalue weighted by molar-refractivity contribution is 0.102. The molecule has 1 aliphatic heterocycles. The zero-order valence-corrected chi connectivity index (χ0v) is 15.8. The Morgan fingerprint density at radius 2 is 1.67 bits per heavy atom. The first kappa shape index (κ1) is 19.0. The number of anilines is 1. The van der Waals surface area contributed by atoms with Crippen LogP contribution in [0.4, 0.5) is 10.5 Å². The topological polar surface area (TPSA) is 61.4 Å². The largest absolute Gasteiger partial charge is 0.338 e. The number of benzene rings is 2. The Bertz CT molecular complexity index is 751. The highest BCUT2D eigenvalue weighted by atomic mass is 16.2. The third-order valence-corrected chi connectivity index (χ3v) is 5.00. The van der Waals surface area contributed by atoms with Crippen LogP contribution in [0.5, 0.6) is 0 Å². The molecule has 27 heavy (non-hydrogen) atoms. The third-order valence-electron chi connectivity index (χ3n) is 5.00. The number of urea groups is 1. The van der Waals surface area contributed by atoms with Gasteiger partial charge >= 0.3 is 6.03 Å². The molecule has 0 spiro atoms. The molecule has 5 heteroatoms. The lowest BCUT2D eigenvalue weighted by atomic mass is 9.90. The molecule has 5 nitrogen and oxygen atoms in total. The molecule has 0 radical (unpaired) electrons. The minimum atomic E-state index is -0.0944. The van der Waals surface area contributed by atoms with Gasteiger partial charge in [0.15, 0.2) is 0 Å². The van der Waals surface area contributed by atoms with Crippen molar-refractivity contribution in [2.45, 2.75) is 26.2 Å². The van der Waals surface area contributed by atoms with Gasteiger partial charge in [-0.2, -0.15) is 0 Å². The van der Waals surface area contributed by atoms with E-state index in [9.17, 15) is 9.59 Å². The van der Waals surface area contributed by atoms with Gasteiger partial charge < -0.3 is 15.5 Å². The number of amides is 3. The number of hydrogen-bond acceptors (Lipinski definition) is 2. The Morgan fingerprint density at radius 3 is 2.30 bits per heavy atom. The van der Waals surface area contributed by atoms with E-state index in [0.717, 1.165) is 38.0 Å². The van der Waals surface area contributed by atoms with Gasteiger partial charge in [0, 0.05) is 30.9 Å². The van der Waals surface area contributed by atoms with Crippen molar-refractivity contribution >= 4 is 17.6 Å². The van der Waals surface area contributed by atoms with Gasteiger partial charge in [0.25, 0.3) is 5.91 Å². The molecule has 0 aromatic heterocycles. The van der Waals surface area contributed by atoms with Gasteiger partial charge in [0.05, 0.1) is 0 Å². The molecule has 1 fully saturated rings. The van der Waals surface area contributed by atoms with E-state index < -0.39 is 0 Å². The van der Waals surface area contributed by atoms with Crippen LogP contribution >= 0.6 is 0 Å². The number of nitrogens with one attached hydrogen (secondary N) is 2. The molecular formula is C22H27N3O2. The van der Waals surface area contributed by atoms with Crippen molar-refractivity contribution in [1.29, 1.82) is 0 Å². The first-order valence-corrected chi connectivity index (χ1v) is 9.64. The molecule has 1 saturated heterocycles. The van der Waals surface area contributed by atoms with Gasteiger partial charge in [-0.25, -0.2) is 4.79 Å². The summed E-state index contributed by atoms with van der Waals surface area (Å²) in [6, 6.07) is 17.4.